The van der Waals surface area contributed by atoms with Gasteiger partial charge in [-0.15, -0.1) is 0 Å². The van der Waals surface area contributed by atoms with Gasteiger partial charge in [0.05, 0.1) is 17.8 Å². The maximum Gasteiger partial charge on any atom is 0.334 e. The second kappa shape index (κ2) is 6.56. The van der Waals surface area contributed by atoms with Gasteiger partial charge >= 0.3 is 11.9 Å². The van der Waals surface area contributed by atoms with Gasteiger partial charge in [0.25, 0.3) is 0 Å². The van der Waals surface area contributed by atoms with E-state index in [-0.39, 0.29) is 41.8 Å². The lowest BCUT2D eigenvalue weighted by Gasteiger charge is -2.38. The van der Waals surface area contributed by atoms with Gasteiger partial charge in [-0.05, 0) is 71.6 Å². The molecule has 0 amide bonds. The van der Waals surface area contributed by atoms with Crippen LogP contribution in [0.2, 0.25) is 0 Å². The SMILES string of the molecule is C=C1C(=O)O[C@]2(C)CC[C@@H]1C[C@@H]1O[C@]1(C)CC[C@H](OC(C)=O)[C@@]1(C)CC[C@@H]2O1. The fourth-order valence-electron chi connectivity index (χ4n) is 5.32. The minimum absolute atomic E-state index is 0.0685. The first-order chi connectivity index (χ1) is 13.0. The molecule has 0 aromatic rings. The summed E-state index contributed by atoms with van der Waals surface area (Å²) < 4.78 is 24.2. The zero-order valence-corrected chi connectivity index (χ0v) is 17.4. The van der Waals surface area contributed by atoms with Gasteiger partial charge in [0.15, 0.2) is 0 Å². The minimum Gasteiger partial charge on any atom is -0.459 e. The smallest absolute Gasteiger partial charge is 0.334 e. The molecular formula is C22H32O6. The Labute approximate surface area is 166 Å². The van der Waals surface area contributed by atoms with E-state index in [9.17, 15) is 9.59 Å². The van der Waals surface area contributed by atoms with Crippen molar-refractivity contribution in [3.63, 3.8) is 0 Å². The first kappa shape index (κ1) is 19.9. The van der Waals surface area contributed by atoms with Crippen LogP contribution >= 0.6 is 0 Å². The van der Waals surface area contributed by atoms with Crippen LogP contribution in [-0.2, 0) is 28.5 Å². The number of esters is 2. The van der Waals surface area contributed by atoms with Crippen molar-refractivity contribution in [2.24, 2.45) is 5.92 Å². The second-order valence-corrected chi connectivity index (χ2v) is 9.71. The molecule has 0 aromatic heterocycles. The zero-order chi connectivity index (χ0) is 20.3. The van der Waals surface area contributed by atoms with E-state index in [1.807, 2.05) is 13.8 Å². The Morgan fingerprint density at radius 2 is 1.64 bits per heavy atom. The Bertz CT molecular complexity index is 703. The highest BCUT2D eigenvalue weighted by Gasteiger charge is 2.57. The molecule has 0 saturated carbocycles. The Kier molecular flexibility index (Phi) is 4.66. The monoisotopic (exact) mass is 392 g/mol. The van der Waals surface area contributed by atoms with Crippen LogP contribution in [0.25, 0.3) is 0 Å². The highest BCUT2D eigenvalue weighted by molar-refractivity contribution is 5.89. The molecule has 4 rings (SSSR count). The van der Waals surface area contributed by atoms with Crippen molar-refractivity contribution in [2.45, 2.75) is 108 Å². The van der Waals surface area contributed by atoms with Gasteiger partial charge in [-0.3, -0.25) is 4.79 Å². The Morgan fingerprint density at radius 3 is 2.36 bits per heavy atom. The standard InChI is InChI=1S/C22H32O6/c1-13-15-6-9-21(4,28-19(13)24)17-8-11-20(3,26-17)16(25-14(2)23)7-10-22(5)18(12-15)27-22/h15-18H,1,6-12H2,2-5H3/t15-,16+,17+,18+,20-,21-,22-/m1/s1. The van der Waals surface area contributed by atoms with Crippen molar-refractivity contribution in [1.29, 1.82) is 0 Å². The van der Waals surface area contributed by atoms with E-state index in [0.717, 1.165) is 38.5 Å². The Morgan fingerprint density at radius 1 is 1.00 bits per heavy atom. The third kappa shape index (κ3) is 3.39. The summed E-state index contributed by atoms with van der Waals surface area (Å²) in [6.45, 7) is 11.6. The molecule has 6 nitrogen and oxygen atoms in total. The summed E-state index contributed by atoms with van der Waals surface area (Å²) in [6.07, 6.45) is 4.89. The van der Waals surface area contributed by atoms with Gasteiger partial charge < -0.3 is 18.9 Å². The fourth-order valence-corrected chi connectivity index (χ4v) is 5.32. The largest absolute Gasteiger partial charge is 0.459 e. The molecule has 0 N–H and O–H groups in total. The van der Waals surface area contributed by atoms with Gasteiger partial charge in [-0.25, -0.2) is 4.79 Å². The third-order valence-electron chi connectivity index (χ3n) is 7.49. The maximum atomic E-state index is 12.7. The second-order valence-electron chi connectivity index (χ2n) is 9.71. The van der Waals surface area contributed by atoms with Crippen LogP contribution < -0.4 is 0 Å². The van der Waals surface area contributed by atoms with Gasteiger partial charge in [-0.2, -0.15) is 0 Å². The van der Waals surface area contributed by atoms with Gasteiger partial charge in [0.2, 0.25) is 0 Å². The predicted octanol–water partition coefficient (Wildman–Crippen LogP) is 3.47. The van der Waals surface area contributed by atoms with Crippen molar-refractivity contribution in [1.82, 2.24) is 0 Å². The third-order valence-corrected chi connectivity index (χ3v) is 7.49. The normalized spacial score (nSPS) is 48.4. The van der Waals surface area contributed by atoms with E-state index < -0.39 is 11.2 Å². The number of fused-ring (bicyclic) bond motifs is 7. The molecule has 0 aliphatic carbocycles. The van der Waals surface area contributed by atoms with E-state index >= 15 is 0 Å². The molecule has 0 aromatic carbocycles. The molecule has 0 spiro atoms. The zero-order valence-electron chi connectivity index (χ0n) is 17.4. The van der Waals surface area contributed by atoms with Crippen LogP contribution in [0.1, 0.15) is 72.6 Å². The Balaban J connectivity index is 1.67. The van der Waals surface area contributed by atoms with Crippen molar-refractivity contribution < 1.29 is 28.5 Å². The molecule has 4 heterocycles. The van der Waals surface area contributed by atoms with Crippen LogP contribution in [0, 0.1) is 5.92 Å². The van der Waals surface area contributed by atoms with Crippen LogP contribution in [0.3, 0.4) is 0 Å². The quantitative estimate of drug-likeness (QED) is 0.386. The average Bonchev–Trinajstić information content (AvgIpc) is 3.09. The first-order valence-electron chi connectivity index (χ1n) is 10.5. The molecule has 156 valence electrons. The summed E-state index contributed by atoms with van der Waals surface area (Å²) >= 11 is 0. The summed E-state index contributed by atoms with van der Waals surface area (Å²) in [5.41, 5.74) is -0.990. The molecule has 4 fully saturated rings. The number of carbonyl (C=O) groups excluding carboxylic acids is 2. The topological polar surface area (TPSA) is 74.4 Å². The summed E-state index contributed by atoms with van der Waals surface area (Å²) in [5.74, 6) is -0.551. The van der Waals surface area contributed by atoms with E-state index in [1.165, 1.54) is 6.92 Å². The van der Waals surface area contributed by atoms with E-state index in [1.54, 1.807) is 0 Å². The van der Waals surface area contributed by atoms with Gasteiger partial charge in [-0.1, -0.05) is 6.58 Å². The van der Waals surface area contributed by atoms with Crippen LogP contribution in [0.4, 0.5) is 0 Å². The molecule has 4 aliphatic rings. The maximum absolute atomic E-state index is 12.7. The van der Waals surface area contributed by atoms with Crippen molar-refractivity contribution in [2.75, 3.05) is 0 Å². The van der Waals surface area contributed by atoms with Gasteiger partial charge in [0.1, 0.15) is 17.3 Å². The first-order valence-corrected chi connectivity index (χ1v) is 10.5. The molecule has 28 heavy (non-hydrogen) atoms. The number of rotatable bonds is 1. The molecule has 0 radical (unpaired) electrons. The number of epoxide rings is 1. The van der Waals surface area contributed by atoms with Crippen LogP contribution in [0.5, 0.6) is 0 Å². The summed E-state index contributed by atoms with van der Waals surface area (Å²) in [6, 6.07) is 0. The molecule has 4 saturated heterocycles. The Hall–Kier alpha value is -1.40. The van der Waals surface area contributed by atoms with Crippen molar-refractivity contribution in [3.05, 3.63) is 12.2 Å². The van der Waals surface area contributed by atoms with Crippen LogP contribution in [-0.4, -0.2) is 47.1 Å². The fraction of sp³-hybridized carbons (Fsp3) is 0.818. The van der Waals surface area contributed by atoms with E-state index in [4.69, 9.17) is 18.9 Å². The number of ether oxygens (including phenoxy) is 4. The average molecular weight is 392 g/mol. The van der Waals surface area contributed by atoms with Crippen LogP contribution in [0.15, 0.2) is 12.2 Å². The predicted molar refractivity (Wildman–Crippen MR) is 102 cm³/mol. The lowest BCUT2D eigenvalue weighted by Crippen LogP contribution is -2.48. The lowest BCUT2D eigenvalue weighted by molar-refractivity contribution is -0.195. The number of hydrogen-bond donors (Lipinski definition) is 0. The minimum atomic E-state index is -0.699. The molecule has 7 atom stereocenters. The van der Waals surface area contributed by atoms with Crippen molar-refractivity contribution in [3.8, 4) is 0 Å². The molecule has 4 bridgehead atoms. The molecular weight excluding hydrogens is 360 g/mol. The van der Waals surface area contributed by atoms with E-state index in [0.29, 0.717) is 12.0 Å². The van der Waals surface area contributed by atoms with Gasteiger partial charge in [0, 0.05) is 12.5 Å². The molecule has 4 aliphatic heterocycles. The number of carbonyl (C=O) groups is 2. The van der Waals surface area contributed by atoms with E-state index in [2.05, 4.69) is 13.5 Å². The lowest BCUT2D eigenvalue weighted by atomic mass is 9.82. The van der Waals surface area contributed by atoms with Crippen molar-refractivity contribution >= 4 is 11.9 Å². The summed E-state index contributed by atoms with van der Waals surface area (Å²) in [4.78, 5) is 24.5. The summed E-state index contributed by atoms with van der Waals surface area (Å²) in [5, 5.41) is 0. The highest BCUT2D eigenvalue weighted by atomic mass is 16.6. The molecule has 6 heteroatoms. The highest BCUT2D eigenvalue weighted by Crippen LogP contribution is 2.50. The molecule has 0 unspecified atom stereocenters. The summed E-state index contributed by atoms with van der Waals surface area (Å²) in [7, 11) is 0. The number of hydrogen-bond acceptors (Lipinski definition) is 6.